The van der Waals surface area contributed by atoms with E-state index in [1.165, 1.54) is 12.1 Å². The van der Waals surface area contributed by atoms with Gasteiger partial charge in [0.25, 0.3) is 5.69 Å². The van der Waals surface area contributed by atoms with Gasteiger partial charge in [0.1, 0.15) is 6.61 Å². The summed E-state index contributed by atoms with van der Waals surface area (Å²) in [6, 6.07) is 14.3. The zero-order valence-electron chi connectivity index (χ0n) is 15.4. The van der Waals surface area contributed by atoms with Gasteiger partial charge >= 0.3 is 5.97 Å². The molecule has 0 saturated carbocycles. The first-order chi connectivity index (χ1) is 12.9. The molecule has 27 heavy (non-hydrogen) atoms. The van der Waals surface area contributed by atoms with Gasteiger partial charge in [0.2, 0.25) is 0 Å². The van der Waals surface area contributed by atoms with Crippen molar-refractivity contribution < 1.29 is 14.5 Å². The standard InChI is InChI=1S/C21H22N2O4/c1-16(2)21(24)27-15-14-22(3)19-10-6-17(7-11-19)4-5-18-8-12-20(13-9-18)23(25)26/h4-13H,1,14-15H2,2-3H3. The lowest BCUT2D eigenvalue weighted by atomic mass is 10.1. The van der Waals surface area contributed by atoms with Crippen LogP contribution in [0.1, 0.15) is 18.1 Å². The van der Waals surface area contributed by atoms with E-state index in [0.29, 0.717) is 18.7 Å². The van der Waals surface area contributed by atoms with Crippen LogP contribution in [0.5, 0.6) is 0 Å². The van der Waals surface area contributed by atoms with E-state index < -0.39 is 4.92 Å². The van der Waals surface area contributed by atoms with E-state index in [9.17, 15) is 14.9 Å². The minimum Gasteiger partial charge on any atom is -0.460 e. The molecule has 6 nitrogen and oxygen atoms in total. The molecule has 0 aliphatic carbocycles. The number of nitrogens with zero attached hydrogens (tertiary/aromatic N) is 2. The molecule has 0 amide bonds. The number of anilines is 1. The summed E-state index contributed by atoms with van der Waals surface area (Å²) in [4.78, 5) is 23.6. The Morgan fingerprint density at radius 3 is 2.11 bits per heavy atom. The van der Waals surface area contributed by atoms with Gasteiger partial charge in [0.05, 0.1) is 11.5 Å². The van der Waals surface area contributed by atoms with Crippen LogP contribution in [0.15, 0.2) is 60.7 Å². The number of carbonyl (C=O) groups is 1. The average molecular weight is 366 g/mol. The Labute approximate surface area is 158 Å². The highest BCUT2D eigenvalue weighted by Crippen LogP contribution is 2.17. The number of hydrogen-bond donors (Lipinski definition) is 0. The fraction of sp³-hybridized carbons (Fsp3) is 0.190. The van der Waals surface area contributed by atoms with E-state index in [-0.39, 0.29) is 11.7 Å². The maximum Gasteiger partial charge on any atom is 0.333 e. The number of non-ortho nitro benzene ring substituents is 1. The molecule has 0 N–H and O–H groups in total. The van der Waals surface area contributed by atoms with Crippen LogP contribution in [-0.2, 0) is 9.53 Å². The minimum atomic E-state index is -0.414. The third-order valence-electron chi connectivity index (χ3n) is 3.91. The number of nitro groups is 1. The third kappa shape index (κ3) is 6.11. The van der Waals surface area contributed by atoms with Crippen molar-refractivity contribution in [2.75, 3.05) is 25.1 Å². The van der Waals surface area contributed by atoms with Crippen molar-refractivity contribution in [1.29, 1.82) is 0 Å². The van der Waals surface area contributed by atoms with Crippen molar-refractivity contribution in [3.8, 4) is 0 Å². The molecule has 0 aliphatic heterocycles. The van der Waals surface area contributed by atoms with Gasteiger partial charge in [0, 0.05) is 30.4 Å². The SMILES string of the molecule is C=C(C)C(=O)OCCN(C)c1ccc(C=Cc2ccc([N+](=O)[O-])cc2)cc1. The largest absolute Gasteiger partial charge is 0.460 e. The van der Waals surface area contributed by atoms with Crippen LogP contribution in [0, 0.1) is 10.1 Å². The fourth-order valence-electron chi connectivity index (χ4n) is 2.27. The molecule has 2 rings (SSSR count). The second kappa shape index (κ2) is 9.33. The Balaban J connectivity index is 1.91. The predicted molar refractivity (Wildman–Crippen MR) is 108 cm³/mol. The van der Waals surface area contributed by atoms with E-state index >= 15 is 0 Å². The normalized spacial score (nSPS) is 10.6. The molecule has 0 bridgehead atoms. The van der Waals surface area contributed by atoms with Gasteiger partial charge < -0.3 is 9.64 Å². The minimum absolute atomic E-state index is 0.0773. The molecule has 0 unspecified atom stereocenters. The van der Waals surface area contributed by atoms with Crippen molar-refractivity contribution in [2.24, 2.45) is 0 Å². The van der Waals surface area contributed by atoms with E-state index in [0.717, 1.165) is 16.8 Å². The summed E-state index contributed by atoms with van der Waals surface area (Å²) in [5, 5.41) is 10.7. The molecule has 140 valence electrons. The zero-order chi connectivity index (χ0) is 19.8. The molecule has 0 heterocycles. The van der Waals surface area contributed by atoms with Crippen LogP contribution in [0.3, 0.4) is 0 Å². The molecule has 6 heteroatoms. The lowest BCUT2D eigenvalue weighted by Crippen LogP contribution is -2.23. The number of likely N-dealkylation sites (N-methyl/N-ethyl adjacent to an activating group) is 1. The molecular formula is C21H22N2O4. The van der Waals surface area contributed by atoms with Crippen LogP contribution < -0.4 is 4.90 Å². The summed E-state index contributed by atoms with van der Waals surface area (Å²) < 4.78 is 5.10. The lowest BCUT2D eigenvalue weighted by molar-refractivity contribution is -0.384. The van der Waals surface area contributed by atoms with Crippen LogP contribution in [-0.4, -0.2) is 31.1 Å². The van der Waals surface area contributed by atoms with Crippen molar-refractivity contribution in [2.45, 2.75) is 6.92 Å². The molecule has 0 aliphatic rings. The summed E-state index contributed by atoms with van der Waals surface area (Å²) in [6.07, 6.45) is 3.85. The maximum atomic E-state index is 11.4. The van der Waals surface area contributed by atoms with E-state index in [1.54, 1.807) is 19.1 Å². The zero-order valence-corrected chi connectivity index (χ0v) is 15.4. The van der Waals surface area contributed by atoms with Crippen molar-refractivity contribution in [1.82, 2.24) is 0 Å². The summed E-state index contributed by atoms with van der Waals surface area (Å²) in [6.45, 7) is 6.04. The molecule has 0 aromatic heterocycles. The second-order valence-electron chi connectivity index (χ2n) is 6.11. The van der Waals surface area contributed by atoms with Crippen LogP contribution in [0.25, 0.3) is 12.2 Å². The van der Waals surface area contributed by atoms with Crippen molar-refractivity contribution in [3.05, 3.63) is 81.9 Å². The van der Waals surface area contributed by atoms with E-state index in [4.69, 9.17) is 4.74 Å². The number of ether oxygens (including phenoxy) is 1. The number of carbonyl (C=O) groups excluding carboxylic acids is 1. The average Bonchev–Trinajstić information content (AvgIpc) is 2.66. The van der Waals surface area contributed by atoms with Gasteiger partial charge in [-0.1, -0.05) is 30.9 Å². The molecule has 0 saturated heterocycles. The Kier molecular flexibility index (Phi) is 6.88. The third-order valence-corrected chi connectivity index (χ3v) is 3.91. The Bertz CT molecular complexity index is 839. The highest BCUT2D eigenvalue weighted by molar-refractivity contribution is 5.86. The summed E-state index contributed by atoms with van der Waals surface area (Å²) in [7, 11) is 1.93. The first kappa shape index (κ1) is 19.9. The van der Waals surface area contributed by atoms with Crippen molar-refractivity contribution >= 4 is 29.5 Å². The Hall–Kier alpha value is -3.41. The van der Waals surface area contributed by atoms with Gasteiger partial charge in [-0.3, -0.25) is 10.1 Å². The first-order valence-electron chi connectivity index (χ1n) is 8.43. The molecular weight excluding hydrogens is 344 g/mol. The van der Waals surface area contributed by atoms with E-state index in [1.807, 2.05) is 48.4 Å². The lowest BCUT2D eigenvalue weighted by Gasteiger charge is -2.19. The molecule has 2 aromatic rings. The monoisotopic (exact) mass is 366 g/mol. The molecule has 0 radical (unpaired) electrons. The number of hydrogen-bond acceptors (Lipinski definition) is 5. The van der Waals surface area contributed by atoms with Gasteiger partial charge in [-0.05, 0) is 42.3 Å². The number of benzene rings is 2. The Morgan fingerprint density at radius 2 is 1.63 bits per heavy atom. The molecule has 0 spiro atoms. The highest BCUT2D eigenvalue weighted by Gasteiger charge is 2.05. The van der Waals surface area contributed by atoms with Crippen LogP contribution in [0.2, 0.25) is 0 Å². The second-order valence-corrected chi connectivity index (χ2v) is 6.11. The van der Waals surface area contributed by atoms with Crippen LogP contribution in [0.4, 0.5) is 11.4 Å². The Morgan fingerprint density at radius 1 is 1.11 bits per heavy atom. The number of rotatable bonds is 8. The summed E-state index contributed by atoms with van der Waals surface area (Å²) >= 11 is 0. The quantitative estimate of drug-likeness (QED) is 0.229. The van der Waals surface area contributed by atoms with E-state index in [2.05, 4.69) is 6.58 Å². The topological polar surface area (TPSA) is 72.7 Å². The van der Waals surface area contributed by atoms with Gasteiger partial charge in [-0.15, -0.1) is 0 Å². The molecule has 0 atom stereocenters. The molecule has 2 aromatic carbocycles. The summed E-state index contributed by atoms with van der Waals surface area (Å²) in [5.41, 5.74) is 3.38. The van der Waals surface area contributed by atoms with Crippen LogP contribution >= 0.6 is 0 Å². The van der Waals surface area contributed by atoms with Gasteiger partial charge in [-0.2, -0.15) is 0 Å². The van der Waals surface area contributed by atoms with Gasteiger partial charge in [0.15, 0.2) is 0 Å². The predicted octanol–water partition coefficient (Wildman–Crippen LogP) is 4.32. The van der Waals surface area contributed by atoms with Crippen molar-refractivity contribution in [3.63, 3.8) is 0 Å². The smallest absolute Gasteiger partial charge is 0.333 e. The summed E-state index contributed by atoms with van der Waals surface area (Å²) in [5.74, 6) is -0.380. The first-order valence-corrected chi connectivity index (χ1v) is 8.43. The number of esters is 1. The molecule has 0 fully saturated rings. The fourth-order valence-corrected chi connectivity index (χ4v) is 2.27. The maximum absolute atomic E-state index is 11.4. The van der Waals surface area contributed by atoms with Gasteiger partial charge in [-0.25, -0.2) is 4.79 Å². The number of nitro benzene ring substituents is 1. The highest BCUT2D eigenvalue weighted by atomic mass is 16.6.